The van der Waals surface area contributed by atoms with Crippen molar-refractivity contribution >= 4 is 11.6 Å². The Morgan fingerprint density at radius 3 is 2.67 bits per heavy atom. The lowest BCUT2D eigenvalue weighted by atomic mass is 9.99. The van der Waals surface area contributed by atoms with E-state index in [4.69, 9.17) is 11.6 Å². The molecule has 0 aliphatic carbocycles. The van der Waals surface area contributed by atoms with E-state index in [1.807, 2.05) is 30.3 Å². The quantitative estimate of drug-likeness (QED) is 0.741. The van der Waals surface area contributed by atoms with Gasteiger partial charge in [-0.1, -0.05) is 43.7 Å². The van der Waals surface area contributed by atoms with Crippen molar-refractivity contribution in [2.24, 2.45) is 5.92 Å². The summed E-state index contributed by atoms with van der Waals surface area (Å²) in [6.45, 7) is 8.11. The maximum Gasteiger partial charge on any atom is 0.0587 e. The lowest BCUT2D eigenvalue weighted by molar-refractivity contribution is 0.199. The van der Waals surface area contributed by atoms with E-state index in [0.717, 1.165) is 17.0 Å². The zero-order chi connectivity index (χ0) is 13.5. The van der Waals surface area contributed by atoms with Gasteiger partial charge in [-0.15, -0.1) is 6.58 Å². The Hall–Kier alpha value is -0.830. The second kappa shape index (κ2) is 7.57. The monoisotopic (exact) mass is 267 g/mol. The second-order valence-electron chi connectivity index (χ2n) is 4.83. The molecule has 18 heavy (non-hydrogen) atoms. The molecule has 3 heteroatoms. The van der Waals surface area contributed by atoms with Crippen LogP contribution in [0, 0.1) is 5.92 Å². The predicted octanol–water partition coefficient (Wildman–Crippen LogP) is 3.56. The summed E-state index contributed by atoms with van der Waals surface area (Å²) < 4.78 is 0. The standard InChI is InChI=1S/C15H22ClNO/c1-4-6-14(17-15(10-18)11(2)3)12-7-5-8-13(16)9-12/h4-5,7-9,11,14-15,17-18H,1,6,10H2,2-3H3. The van der Waals surface area contributed by atoms with Gasteiger partial charge in [0.1, 0.15) is 0 Å². The summed E-state index contributed by atoms with van der Waals surface area (Å²) in [5, 5.41) is 13.6. The lowest BCUT2D eigenvalue weighted by Crippen LogP contribution is -2.39. The summed E-state index contributed by atoms with van der Waals surface area (Å²) in [6, 6.07) is 8.02. The molecule has 2 atom stereocenters. The molecule has 0 fully saturated rings. The molecular formula is C15H22ClNO. The van der Waals surface area contributed by atoms with Crippen LogP contribution in [0.25, 0.3) is 0 Å². The molecule has 0 aliphatic rings. The second-order valence-corrected chi connectivity index (χ2v) is 5.27. The molecule has 1 rings (SSSR count). The van der Waals surface area contributed by atoms with Gasteiger partial charge in [0.2, 0.25) is 0 Å². The van der Waals surface area contributed by atoms with Gasteiger partial charge >= 0.3 is 0 Å². The van der Waals surface area contributed by atoms with Crippen LogP contribution in [0.2, 0.25) is 5.02 Å². The van der Waals surface area contributed by atoms with E-state index in [-0.39, 0.29) is 18.7 Å². The highest BCUT2D eigenvalue weighted by Gasteiger charge is 2.18. The maximum atomic E-state index is 9.40. The van der Waals surface area contributed by atoms with Gasteiger partial charge < -0.3 is 10.4 Å². The topological polar surface area (TPSA) is 32.3 Å². The third-order valence-electron chi connectivity index (χ3n) is 3.07. The number of hydrogen-bond acceptors (Lipinski definition) is 2. The average Bonchev–Trinajstić information content (AvgIpc) is 2.34. The van der Waals surface area contributed by atoms with E-state index in [9.17, 15) is 5.11 Å². The van der Waals surface area contributed by atoms with Gasteiger partial charge in [0.25, 0.3) is 0 Å². The van der Waals surface area contributed by atoms with Gasteiger partial charge in [0, 0.05) is 17.1 Å². The summed E-state index contributed by atoms with van der Waals surface area (Å²) in [5.74, 6) is 0.376. The third-order valence-corrected chi connectivity index (χ3v) is 3.31. The first-order chi connectivity index (χ1) is 8.58. The van der Waals surface area contributed by atoms with Crippen molar-refractivity contribution in [1.29, 1.82) is 0 Å². The number of rotatable bonds is 7. The minimum atomic E-state index is 0.0777. The number of aliphatic hydroxyl groups excluding tert-OH is 1. The Labute approximate surface area is 115 Å². The van der Waals surface area contributed by atoms with E-state index in [1.165, 1.54) is 0 Å². The molecular weight excluding hydrogens is 246 g/mol. The molecule has 0 radical (unpaired) electrons. The molecule has 0 aliphatic heterocycles. The summed E-state index contributed by atoms with van der Waals surface area (Å²) in [7, 11) is 0. The number of halogens is 1. The van der Waals surface area contributed by atoms with Crippen molar-refractivity contribution < 1.29 is 5.11 Å². The van der Waals surface area contributed by atoms with Crippen LogP contribution in [0.5, 0.6) is 0 Å². The van der Waals surface area contributed by atoms with Crippen molar-refractivity contribution in [2.75, 3.05) is 6.61 Å². The zero-order valence-corrected chi connectivity index (χ0v) is 11.8. The van der Waals surface area contributed by atoms with Gasteiger partial charge in [-0.05, 0) is 30.0 Å². The summed E-state index contributed by atoms with van der Waals surface area (Å²) in [4.78, 5) is 0. The Balaban J connectivity index is 2.85. The van der Waals surface area contributed by atoms with Crippen molar-refractivity contribution in [3.8, 4) is 0 Å². The summed E-state index contributed by atoms with van der Waals surface area (Å²) in [6.07, 6.45) is 2.69. The van der Waals surface area contributed by atoms with E-state index in [2.05, 4.69) is 25.7 Å². The Bertz CT molecular complexity index is 379. The first kappa shape index (κ1) is 15.2. The van der Waals surface area contributed by atoms with Crippen LogP contribution < -0.4 is 5.32 Å². The summed E-state index contributed by atoms with van der Waals surface area (Å²) in [5.41, 5.74) is 1.13. The Kier molecular flexibility index (Phi) is 6.41. The van der Waals surface area contributed by atoms with Crippen molar-refractivity contribution in [1.82, 2.24) is 5.32 Å². The molecule has 0 bridgehead atoms. The molecule has 2 N–H and O–H groups in total. The lowest BCUT2D eigenvalue weighted by Gasteiger charge is -2.27. The first-order valence-electron chi connectivity index (χ1n) is 6.31. The average molecular weight is 268 g/mol. The molecule has 0 saturated heterocycles. The fourth-order valence-corrected chi connectivity index (χ4v) is 2.10. The molecule has 0 amide bonds. The molecule has 2 nitrogen and oxygen atoms in total. The van der Waals surface area contributed by atoms with Crippen LogP contribution in [0.3, 0.4) is 0 Å². The Morgan fingerprint density at radius 1 is 1.44 bits per heavy atom. The van der Waals surface area contributed by atoms with Crippen molar-refractivity contribution in [2.45, 2.75) is 32.4 Å². The van der Waals surface area contributed by atoms with Crippen LogP contribution in [-0.4, -0.2) is 17.8 Å². The van der Waals surface area contributed by atoms with Crippen molar-refractivity contribution in [3.63, 3.8) is 0 Å². The highest BCUT2D eigenvalue weighted by Crippen LogP contribution is 2.22. The van der Waals surface area contributed by atoms with Gasteiger partial charge in [-0.25, -0.2) is 0 Å². The van der Waals surface area contributed by atoms with Crippen molar-refractivity contribution in [3.05, 3.63) is 47.5 Å². The minimum absolute atomic E-state index is 0.0777. The van der Waals surface area contributed by atoms with Gasteiger partial charge in [-0.2, -0.15) is 0 Å². The third kappa shape index (κ3) is 4.45. The molecule has 2 unspecified atom stereocenters. The number of nitrogens with one attached hydrogen (secondary N) is 1. The van der Waals surface area contributed by atoms with Crippen LogP contribution in [-0.2, 0) is 0 Å². The smallest absolute Gasteiger partial charge is 0.0587 e. The van der Waals surface area contributed by atoms with E-state index < -0.39 is 0 Å². The molecule has 0 heterocycles. The highest BCUT2D eigenvalue weighted by molar-refractivity contribution is 6.30. The highest BCUT2D eigenvalue weighted by atomic mass is 35.5. The molecule has 0 aromatic heterocycles. The zero-order valence-electron chi connectivity index (χ0n) is 11.1. The van der Waals surface area contributed by atoms with Crippen LogP contribution in [0.15, 0.2) is 36.9 Å². The molecule has 0 spiro atoms. The molecule has 1 aromatic rings. The number of aliphatic hydroxyl groups is 1. The fourth-order valence-electron chi connectivity index (χ4n) is 1.90. The van der Waals surface area contributed by atoms with Gasteiger partial charge in [-0.3, -0.25) is 0 Å². The van der Waals surface area contributed by atoms with E-state index >= 15 is 0 Å². The fraction of sp³-hybridized carbons (Fsp3) is 0.467. The van der Waals surface area contributed by atoms with Crippen LogP contribution in [0.1, 0.15) is 31.9 Å². The van der Waals surface area contributed by atoms with Crippen LogP contribution >= 0.6 is 11.6 Å². The van der Waals surface area contributed by atoms with E-state index in [1.54, 1.807) is 0 Å². The van der Waals surface area contributed by atoms with Gasteiger partial charge in [0.05, 0.1) is 6.61 Å². The molecule has 0 saturated carbocycles. The van der Waals surface area contributed by atoms with Crippen LogP contribution in [0.4, 0.5) is 0 Å². The molecule has 100 valence electrons. The normalized spacial score (nSPS) is 14.5. The molecule has 1 aromatic carbocycles. The number of hydrogen-bond donors (Lipinski definition) is 2. The van der Waals surface area contributed by atoms with E-state index in [0.29, 0.717) is 5.92 Å². The predicted molar refractivity (Wildman–Crippen MR) is 77.9 cm³/mol. The van der Waals surface area contributed by atoms with Gasteiger partial charge in [0.15, 0.2) is 0 Å². The number of benzene rings is 1. The minimum Gasteiger partial charge on any atom is -0.395 e. The maximum absolute atomic E-state index is 9.40. The first-order valence-corrected chi connectivity index (χ1v) is 6.69. The largest absolute Gasteiger partial charge is 0.395 e. The Morgan fingerprint density at radius 2 is 2.17 bits per heavy atom. The summed E-state index contributed by atoms with van der Waals surface area (Å²) >= 11 is 6.02. The SMILES string of the molecule is C=CCC(NC(CO)C(C)C)c1cccc(Cl)c1.